The molecule has 3 aromatic carbocycles. The molecule has 0 fully saturated rings. The Hall–Kier alpha value is -3.91. The number of pyridine rings is 1. The summed E-state index contributed by atoms with van der Waals surface area (Å²) in [6.07, 6.45) is 3.14. The molecule has 4 rings (SSSR count). The number of fused-ring (bicyclic) bond motifs is 1. The van der Waals surface area contributed by atoms with Crippen LogP contribution in [0.4, 0.5) is 11.4 Å². The van der Waals surface area contributed by atoms with Crippen LogP contribution in [0, 0.1) is 0 Å². The second-order valence-corrected chi connectivity index (χ2v) is 8.33. The van der Waals surface area contributed by atoms with Gasteiger partial charge in [-0.3, -0.25) is 14.5 Å². The van der Waals surface area contributed by atoms with Crippen LogP contribution in [0.2, 0.25) is 0 Å². The van der Waals surface area contributed by atoms with E-state index in [-0.39, 0.29) is 17.4 Å². The van der Waals surface area contributed by atoms with E-state index in [1.54, 1.807) is 67.0 Å². The molecule has 0 aliphatic heterocycles. The summed E-state index contributed by atoms with van der Waals surface area (Å²) in [4.78, 5) is 16.1. The lowest BCUT2D eigenvalue weighted by molar-refractivity contribution is -0.118. The van der Waals surface area contributed by atoms with E-state index in [1.807, 2.05) is 18.2 Å². The third-order valence-electron chi connectivity index (χ3n) is 4.46. The van der Waals surface area contributed by atoms with Crippen LogP contribution >= 0.6 is 0 Å². The number of sulfonamides is 1. The number of carbonyl (C=O) groups excluding carboxylic acids is 1. The van der Waals surface area contributed by atoms with E-state index in [0.29, 0.717) is 22.5 Å². The molecule has 156 valence electrons. The molecule has 0 aliphatic carbocycles. The Balaban J connectivity index is 1.46. The molecule has 1 aromatic heterocycles. The van der Waals surface area contributed by atoms with Gasteiger partial charge in [0.2, 0.25) is 0 Å². The van der Waals surface area contributed by atoms with Crippen molar-refractivity contribution >= 4 is 38.1 Å². The number of hydrogen-bond donors (Lipinski definition) is 2. The molecule has 8 heteroatoms. The number of nitrogens with one attached hydrogen (secondary N) is 2. The average Bonchev–Trinajstić information content (AvgIpc) is 2.78. The molecule has 0 spiro atoms. The molecule has 0 atom stereocenters. The van der Waals surface area contributed by atoms with Crippen molar-refractivity contribution in [1.82, 2.24) is 4.98 Å². The molecule has 2 N–H and O–H groups in total. The maximum absolute atomic E-state index is 13.0. The second kappa shape index (κ2) is 8.85. The fraction of sp³-hybridized carbons (Fsp3) is 0.0435. The van der Waals surface area contributed by atoms with Gasteiger partial charge in [0, 0.05) is 29.5 Å². The number of aromatic nitrogens is 1. The molecule has 0 bridgehead atoms. The van der Waals surface area contributed by atoms with Crippen molar-refractivity contribution in [2.24, 2.45) is 0 Å². The SMILES string of the molecule is O=C(COc1cccc(NS(=O)(=O)c2cccc3ccccc23)c1)Nc1ccncc1. The molecule has 4 aromatic rings. The largest absolute Gasteiger partial charge is 0.484 e. The van der Waals surface area contributed by atoms with E-state index >= 15 is 0 Å². The van der Waals surface area contributed by atoms with Gasteiger partial charge in [0.15, 0.2) is 6.61 Å². The third kappa shape index (κ3) is 4.99. The molecule has 0 saturated heterocycles. The molecular weight excluding hydrogens is 414 g/mol. The number of carbonyl (C=O) groups is 1. The van der Waals surface area contributed by atoms with Crippen molar-refractivity contribution in [3.8, 4) is 5.75 Å². The van der Waals surface area contributed by atoms with Crippen molar-refractivity contribution in [3.63, 3.8) is 0 Å². The topological polar surface area (TPSA) is 97.4 Å². The van der Waals surface area contributed by atoms with Crippen molar-refractivity contribution in [1.29, 1.82) is 0 Å². The Morgan fingerprint density at radius 3 is 2.45 bits per heavy atom. The molecule has 0 aliphatic rings. The highest BCUT2D eigenvalue weighted by Gasteiger charge is 2.17. The van der Waals surface area contributed by atoms with Crippen LogP contribution in [0.1, 0.15) is 0 Å². The van der Waals surface area contributed by atoms with E-state index in [9.17, 15) is 13.2 Å². The zero-order valence-electron chi connectivity index (χ0n) is 16.4. The van der Waals surface area contributed by atoms with E-state index in [2.05, 4.69) is 15.0 Å². The van der Waals surface area contributed by atoms with Crippen molar-refractivity contribution in [2.45, 2.75) is 4.90 Å². The van der Waals surface area contributed by atoms with Crippen LogP contribution in [0.15, 0.2) is 96.2 Å². The molecule has 1 amide bonds. The maximum atomic E-state index is 13.0. The standard InChI is InChI=1S/C23H19N3O4S/c27-23(25-18-11-13-24-14-12-18)16-30-20-8-4-7-19(15-20)26-31(28,29)22-10-3-6-17-5-1-2-9-21(17)22/h1-15,26H,16H2,(H,24,25,27). The van der Waals surface area contributed by atoms with Crippen LogP contribution in [-0.4, -0.2) is 25.9 Å². The summed E-state index contributed by atoms with van der Waals surface area (Å²) in [6, 6.07) is 22.2. The van der Waals surface area contributed by atoms with Crippen molar-refractivity contribution in [3.05, 3.63) is 91.3 Å². The predicted octanol–water partition coefficient (Wildman–Crippen LogP) is 4.05. The van der Waals surface area contributed by atoms with E-state index in [4.69, 9.17) is 4.74 Å². The quantitative estimate of drug-likeness (QED) is 0.458. The zero-order chi connectivity index (χ0) is 21.7. The number of benzene rings is 3. The van der Waals surface area contributed by atoms with Crippen LogP contribution in [0.5, 0.6) is 5.75 Å². The Morgan fingerprint density at radius 1 is 0.871 bits per heavy atom. The summed E-state index contributed by atoms with van der Waals surface area (Å²) in [6.45, 7) is -0.220. The number of anilines is 2. The average molecular weight is 433 g/mol. The second-order valence-electron chi connectivity index (χ2n) is 6.68. The van der Waals surface area contributed by atoms with Crippen molar-refractivity contribution < 1.29 is 17.9 Å². The van der Waals surface area contributed by atoms with Gasteiger partial charge in [-0.2, -0.15) is 0 Å². The Labute approximate surface area is 179 Å². The van der Waals surface area contributed by atoms with Gasteiger partial charge in [0.25, 0.3) is 15.9 Å². The highest BCUT2D eigenvalue weighted by atomic mass is 32.2. The van der Waals surface area contributed by atoms with Gasteiger partial charge in [-0.25, -0.2) is 8.42 Å². The molecule has 0 unspecified atom stereocenters. The van der Waals surface area contributed by atoms with Crippen LogP contribution < -0.4 is 14.8 Å². The lowest BCUT2D eigenvalue weighted by Crippen LogP contribution is -2.20. The van der Waals surface area contributed by atoms with Gasteiger partial charge in [-0.1, -0.05) is 42.5 Å². The van der Waals surface area contributed by atoms with Gasteiger partial charge < -0.3 is 10.1 Å². The number of hydrogen-bond acceptors (Lipinski definition) is 5. The van der Waals surface area contributed by atoms with Crippen molar-refractivity contribution in [2.75, 3.05) is 16.6 Å². The highest BCUT2D eigenvalue weighted by Crippen LogP contribution is 2.26. The fourth-order valence-electron chi connectivity index (χ4n) is 3.07. The minimum absolute atomic E-state index is 0.189. The van der Waals surface area contributed by atoms with Gasteiger partial charge in [-0.05, 0) is 35.7 Å². The summed E-state index contributed by atoms with van der Waals surface area (Å²) in [5.74, 6) is 0.0240. The van der Waals surface area contributed by atoms with Crippen LogP contribution in [0.25, 0.3) is 10.8 Å². The number of amides is 1. The van der Waals surface area contributed by atoms with Gasteiger partial charge >= 0.3 is 0 Å². The molecule has 7 nitrogen and oxygen atoms in total. The third-order valence-corrected chi connectivity index (χ3v) is 5.90. The summed E-state index contributed by atoms with van der Waals surface area (Å²) in [5, 5.41) is 4.16. The predicted molar refractivity (Wildman–Crippen MR) is 120 cm³/mol. The van der Waals surface area contributed by atoms with Gasteiger partial charge in [0.1, 0.15) is 5.75 Å². The maximum Gasteiger partial charge on any atom is 0.262 e. The number of nitrogens with zero attached hydrogens (tertiary/aromatic N) is 1. The lowest BCUT2D eigenvalue weighted by atomic mass is 10.1. The summed E-state index contributed by atoms with van der Waals surface area (Å²) >= 11 is 0. The minimum atomic E-state index is -3.82. The zero-order valence-corrected chi connectivity index (χ0v) is 17.2. The number of ether oxygens (including phenoxy) is 1. The van der Waals surface area contributed by atoms with Crippen LogP contribution in [0.3, 0.4) is 0 Å². The molecule has 1 heterocycles. The van der Waals surface area contributed by atoms with Crippen LogP contribution in [-0.2, 0) is 14.8 Å². The smallest absolute Gasteiger partial charge is 0.262 e. The molecule has 0 radical (unpaired) electrons. The first-order valence-corrected chi connectivity index (χ1v) is 10.9. The summed E-state index contributed by atoms with van der Waals surface area (Å²) in [7, 11) is -3.82. The Morgan fingerprint density at radius 2 is 1.61 bits per heavy atom. The first-order valence-electron chi connectivity index (χ1n) is 9.45. The number of rotatable bonds is 7. The highest BCUT2D eigenvalue weighted by molar-refractivity contribution is 7.93. The lowest BCUT2D eigenvalue weighted by Gasteiger charge is -2.12. The van der Waals surface area contributed by atoms with E-state index < -0.39 is 10.0 Å². The van der Waals surface area contributed by atoms with E-state index in [1.165, 1.54) is 6.07 Å². The monoisotopic (exact) mass is 433 g/mol. The molecular formula is C23H19N3O4S. The Bertz CT molecular complexity index is 1320. The first kappa shape index (κ1) is 20.4. The molecule has 0 saturated carbocycles. The minimum Gasteiger partial charge on any atom is -0.484 e. The Kier molecular flexibility index (Phi) is 5.81. The van der Waals surface area contributed by atoms with Gasteiger partial charge in [0.05, 0.1) is 10.6 Å². The first-order chi connectivity index (χ1) is 15.0. The normalized spacial score (nSPS) is 11.1. The fourth-order valence-corrected chi connectivity index (χ4v) is 4.35. The van der Waals surface area contributed by atoms with Gasteiger partial charge in [-0.15, -0.1) is 0 Å². The van der Waals surface area contributed by atoms with E-state index in [0.717, 1.165) is 5.39 Å². The summed E-state index contributed by atoms with van der Waals surface area (Å²) in [5.41, 5.74) is 0.945. The summed E-state index contributed by atoms with van der Waals surface area (Å²) < 4.78 is 34.0. The molecule has 31 heavy (non-hydrogen) atoms.